The molecule has 0 unspecified atom stereocenters. The van der Waals surface area contributed by atoms with E-state index in [9.17, 15) is 9.59 Å². The maximum absolute atomic E-state index is 12.7. The number of ketones is 1. The first-order chi connectivity index (χ1) is 13.8. The van der Waals surface area contributed by atoms with Crippen molar-refractivity contribution < 1.29 is 14.3 Å². The zero-order chi connectivity index (χ0) is 21.1. The van der Waals surface area contributed by atoms with Gasteiger partial charge in [0.05, 0.1) is 5.56 Å². The van der Waals surface area contributed by atoms with E-state index in [4.69, 9.17) is 4.74 Å². The van der Waals surface area contributed by atoms with Crippen LogP contribution < -0.4 is 0 Å². The van der Waals surface area contributed by atoms with Crippen LogP contribution in [0.4, 0.5) is 0 Å². The standard InChI is InChI=1S/C24H26N2O3/c1-6-12-25-16(2)13-21(18(25)4)23(27)15-29-24(28)22-14-17(3)26(19(22)5)20-10-8-7-9-11-20/h6-11,13-14H,1,12,15H2,2-5H3. The quantitative estimate of drug-likeness (QED) is 0.333. The molecule has 0 N–H and O–H groups in total. The normalized spacial score (nSPS) is 10.8. The lowest BCUT2D eigenvalue weighted by molar-refractivity contribution is 0.0474. The number of carbonyl (C=O) groups is 2. The first-order valence-corrected chi connectivity index (χ1v) is 9.57. The molecule has 29 heavy (non-hydrogen) atoms. The van der Waals surface area contributed by atoms with Gasteiger partial charge in [-0.1, -0.05) is 24.3 Å². The number of Topliss-reactive ketones (excluding diaryl/α,β-unsaturated/α-hetero) is 1. The molecule has 3 aromatic rings. The summed E-state index contributed by atoms with van der Waals surface area (Å²) >= 11 is 0. The zero-order valence-corrected chi connectivity index (χ0v) is 17.4. The van der Waals surface area contributed by atoms with Crippen molar-refractivity contribution >= 4 is 11.8 Å². The molecule has 1 aromatic carbocycles. The predicted molar refractivity (Wildman–Crippen MR) is 114 cm³/mol. The molecule has 0 fully saturated rings. The summed E-state index contributed by atoms with van der Waals surface area (Å²) in [5.74, 6) is -0.702. The third-order valence-corrected chi connectivity index (χ3v) is 5.19. The van der Waals surface area contributed by atoms with Gasteiger partial charge in [0.2, 0.25) is 5.78 Å². The summed E-state index contributed by atoms with van der Waals surface area (Å²) in [5.41, 5.74) is 5.57. The highest BCUT2D eigenvalue weighted by Crippen LogP contribution is 2.22. The van der Waals surface area contributed by atoms with Crippen molar-refractivity contribution in [3.8, 4) is 5.69 Å². The molecular formula is C24H26N2O3. The molecule has 3 rings (SSSR count). The molecule has 0 atom stereocenters. The van der Waals surface area contributed by atoms with E-state index >= 15 is 0 Å². The highest BCUT2D eigenvalue weighted by atomic mass is 16.5. The summed E-state index contributed by atoms with van der Waals surface area (Å²) in [6.45, 7) is 11.7. The fourth-order valence-electron chi connectivity index (χ4n) is 3.72. The molecule has 0 aliphatic carbocycles. The van der Waals surface area contributed by atoms with Gasteiger partial charge in [0.25, 0.3) is 0 Å². The molecular weight excluding hydrogens is 364 g/mol. The Bertz CT molecular complexity index is 1070. The minimum atomic E-state index is -0.492. The van der Waals surface area contributed by atoms with Gasteiger partial charge in [-0.2, -0.15) is 0 Å². The first kappa shape index (κ1) is 20.4. The molecule has 0 saturated heterocycles. The second kappa shape index (κ2) is 8.35. The van der Waals surface area contributed by atoms with Gasteiger partial charge in [0.15, 0.2) is 6.61 Å². The summed E-state index contributed by atoms with van der Waals surface area (Å²) in [7, 11) is 0. The van der Waals surface area contributed by atoms with E-state index in [0.717, 1.165) is 28.5 Å². The van der Waals surface area contributed by atoms with Crippen molar-refractivity contribution in [2.45, 2.75) is 34.2 Å². The fourth-order valence-corrected chi connectivity index (χ4v) is 3.72. The molecule has 5 nitrogen and oxygen atoms in total. The summed E-state index contributed by atoms with van der Waals surface area (Å²) in [5, 5.41) is 0. The number of hydrogen-bond acceptors (Lipinski definition) is 3. The molecule has 0 spiro atoms. The molecule has 150 valence electrons. The van der Waals surface area contributed by atoms with Crippen LogP contribution in [0.2, 0.25) is 0 Å². The summed E-state index contributed by atoms with van der Waals surface area (Å²) in [4.78, 5) is 25.3. The molecule has 0 radical (unpaired) electrons. The monoisotopic (exact) mass is 390 g/mol. The van der Waals surface area contributed by atoms with E-state index in [-0.39, 0.29) is 12.4 Å². The van der Waals surface area contributed by atoms with Gasteiger partial charge in [0.1, 0.15) is 0 Å². The number of ether oxygens (including phenoxy) is 1. The Labute approximate surface area is 171 Å². The molecule has 2 aromatic heterocycles. The third-order valence-electron chi connectivity index (χ3n) is 5.19. The van der Waals surface area contributed by atoms with Crippen LogP contribution in [-0.2, 0) is 11.3 Å². The SMILES string of the molecule is C=CCn1c(C)cc(C(=O)COC(=O)c2cc(C)n(-c3ccccc3)c2C)c1C. The molecule has 2 heterocycles. The van der Waals surface area contributed by atoms with Crippen molar-refractivity contribution in [3.63, 3.8) is 0 Å². The van der Waals surface area contributed by atoms with Crippen LogP contribution in [0.25, 0.3) is 5.69 Å². The van der Waals surface area contributed by atoms with Gasteiger partial charge >= 0.3 is 5.97 Å². The molecule has 0 amide bonds. The Hall–Kier alpha value is -3.34. The van der Waals surface area contributed by atoms with Crippen LogP contribution in [0.15, 0.2) is 55.1 Å². The van der Waals surface area contributed by atoms with Gasteiger partial charge in [-0.15, -0.1) is 6.58 Å². The summed E-state index contributed by atoms with van der Waals surface area (Å²) < 4.78 is 9.37. The number of rotatable bonds is 7. The third kappa shape index (κ3) is 3.94. The number of para-hydroxylation sites is 1. The highest BCUT2D eigenvalue weighted by Gasteiger charge is 2.21. The average Bonchev–Trinajstić information content (AvgIpc) is 3.16. The second-order valence-corrected chi connectivity index (χ2v) is 7.14. The topological polar surface area (TPSA) is 53.2 Å². The van der Waals surface area contributed by atoms with Gasteiger partial charge in [-0.05, 0) is 52.0 Å². The van der Waals surface area contributed by atoms with E-state index in [1.165, 1.54) is 0 Å². The zero-order valence-electron chi connectivity index (χ0n) is 17.4. The molecule has 0 saturated carbocycles. The molecule has 0 bridgehead atoms. The van der Waals surface area contributed by atoms with Crippen molar-refractivity contribution in [3.05, 3.63) is 89.0 Å². The number of aromatic nitrogens is 2. The van der Waals surface area contributed by atoms with Crippen LogP contribution in [0.5, 0.6) is 0 Å². The number of aryl methyl sites for hydroxylation is 2. The number of hydrogen-bond donors (Lipinski definition) is 0. The van der Waals surface area contributed by atoms with Crippen molar-refractivity contribution in [1.82, 2.24) is 9.13 Å². The minimum Gasteiger partial charge on any atom is -0.454 e. The Balaban J connectivity index is 1.76. The molecule has 0 aliphatic rings. The average molecular weight is 390 g/mol. The van der Waals surface area contributed by atoms with Crippen LogP contribution in [0, 0.1) is 27.7 Å². The number of carbonyl (C=O) groups excluding carboxylic acids is 2. The smallest absolute Gasteiger partial charge is 0.340 e. The van der Waals surface area contributed by atoms with Gasteiger partial charge < -0.3 is 13.9 Å². The maximum atomic E-state index is 12.7. The number of esters is 1. The lowest BCUT2D eigenvalue weighted by atomic mass is 10.1. The molecule has 5 heteroatoms. The maximum Gasteiger partial charge on any atom is 0.340 e. The molecule has 0 aliphatic heterocycles. The predicted octanol–water partition coefficient (Wildman–Crippen LogP) is 4.74. The van der Waals surface area contributed by atoms with Crippen molar-refractivity contribution in [2.24, 2.45) is 0 Å². The van der Waals surface area contributed by atoms with E-state index in [1.54, 1.807) is 12.1 Å². The van der Waals surface area contributed by atoms with Crippen LogP contribution >= 0.6 is 0 Å². The lowest BCUT2D eigenvalue weighted by Gasteiger charge is -2.10. The second-order valence-electron chi connectivity index (χ2n) is 7.14. The Morgan fingerprint density at radius 2 is 1.62 bits per heavy atom. The lowest BCUT2D eigenvalue weighted by Crippen LogP contribution is -2.15. The largest absolute Gasteiger partial charge is 0.454 e. The van der Waals surface area contributed by atoms with Gasteiger partial charge in [-0.3, -0.25) is 4.79 Å². The van der Waals surface area contributed by atoms with Crippen LogP contribution in [0.3, 0.4) is 0 Å². The van der Waals surface area contributed by atoms with Crippen LogP contribution in [0.1, 0.15) is 43.5 Å². The Morgan fingerprint density at radius 3 is 2.28 bits per heavy atom. The Morgan fingerprint density at radius 1 is 0.966 bits per heavy atom. The Kier molecular flexibility index (Phi) is 5.87. The van der Waals surface area contributed by atoms with Crippen LogP contribution in [-0.4, -0.2) is 27.5 Å². The van der Waals surface area contributed by atoms with E-state index < -0.39 is 5.97 Å². The number of allylic oxidation sites excluding steroid dienone is 1. The van der Waals surface area contributed by atoms with Gasteiger partial charge in [-0.25, -0.2) is 4.79 Å². The van der Waals surface area contributed by atoms with E-state index in [2.05, 4.69) is 6.58 Å². The van der Waals surface area contributed by atoms with Crippen molar-refractivity contribution in [1.29, 1.82) is 0 Å². The fraction of sp³-hybridized carbons (Fsp3) is 0.250. The van der Waals surface area contributed by atoms with E-state index in [0.29, 0.717) is 17.7 Å². The van der Waals surface area contributed by atoms with E-state index in [1.807, 2.05) is 73.2 Å². The summed E-state index contributed by atoms with van der Waals surface area (Å²) in [6.07, 6.45) is 1.79. The highest BCUT2D eigenvalue weighted by molar-refractivity contribution is 6.00. The summed E-state index contributed by atoms with van der Waals surface area (Å²) in [6, 6.07) is 13.4. The minimum absolute atomic E-state index is 0.210. The number of nitrogens with zero attached hydrogens (tertiary/aromatic N) is 2. The van der Waals surface area contributed by atoms with Gasteiger partial charge in [0, 0.05) is 40.6 Å². The van der Waals surface area contributed by atoms with Crippen molar-refractivity contribution in [2.75, 3.05) is 6.61 Å². The number of benzene rings is 1. The first-order valence-electron chi connectivity index (χ1n) is 9.57.